The summed E-state index contributed by atoms with van der Waals surface area (Å²) in [5.74, 6) is -0.866. The van der Waals surface area contributed by atoms with Crippen LogP contribution in [0, 0.1) is 0 Å². The van der Waals surface area contributed by atoms with Gasteiger partial charge in [0.25, 0.3) is 0 Å². The van der Waals surface area contributed by atoms with Gasteiger partial charge < -0.3 is 20.0 Å². The van der Waals surface area contributed by atoms with Crippen molar-refractivity contribution in [2.45, 2.75) is 32.2 Å². The number of rotatable bonds is 6. The zero-order chi connectivity index (χ0) is 13.6. The maximum atomic E-state index is 11.9. The summed E-state index contributed by atoms with van der Waals surface area (Å²) in [6, 6.07) is -0.227. The normalized spacial score (nSPS) is 11.1. The van der Waals surface area contributed by atoms with E-state index in [0.29, 0.717) is 13.0 Å². The molecule has 0 saturated carbocycles. The van der Waals surface area contributed by atoms with Crippen molar-refractivity contribution in [3.8, 4) is 0 Å². The van der Waals surface area contributed by atoms with Gasteiger partial charge in [-0.05, 0) is 20.3 Å². The molecule has 0 radical (unpaired) electrons. The molecule has 2 N–H and O–H groups in total. The second kappa shape index (κ2) is 6.44. The van der Waals surface area contributed by atoms with Gasteiger partial charge in [-0.15, -0.1) is 0 Å². The van der Waals surface area contributed by atoms with Gasteiger partial charge in [0.05, 0.1) is 12.1 Å². The Morgan fingerprint density at radius 1 is 1.24 bits per heavy atom. The third-order valence-electron chi connectivity index (χ3n) is 2.79. The number of aliphatic hydroxyl groups excluding tert-OH is 1. The van der Waals surface area contributed by atoms with E-state index in [1.165, 1.54) is 9.80 Å². The summed E-state index contributed by atoms with van der Waals surface area (Å²) in [5, 5.41) is 17.6. The average Bonchev–Trinajstić information content (AvgIpc) is 2.26. The van der Waals surface area contributed by atoms with Gasteiger partial charge in [0.2, 0.25) is 0 Å². The summed E-state index contributed by atoms with van der Waals surface area (Å²) in [5.41, 5.74) is -0.627. The largest absolute Gasteiger partial charge is 0.481 e. The number of aliphatic carboxylic acids is 1. The molecule has 0 atom stereocenters. The van der Waals surface area contributed by atoms with Crippen molar-refractivity contribution in [3.05, 3.63) is 0 Å². The molecule has 2 amide bonds. The molecule has 0 saturated heterocycles. The number of hydrogen-bond acceptors (Lipinski definition) is 3. The predicted molar refractivity (Wildman–Crippen MR) is 63.8 cm³/mol. The van der Waals surface area contributed by atoms with E-state index < -0.39 is 11.5 Å². The van der Waals surface area contributed by atoms with Crippen LogP contribution in [0.25, 0.3) is 0 Å². The predicted octanol–water partition coefficient (Wildman–Crippen LogP) is 0.606. The zero-order valence-electron chi connectivity index (χ0n) is 10.9. The molecule has 6 nitrogen and oxygen atoms in total. The molecular weight excluding hydrogens is 224 g/mol. The van der Waals surface area contributed by atoms with Crippen molar-refractivity contribution in [1.82, 2.24) is 9.80 Å². The fourth-order valence-electron chi connectivity index (χ4n) is 1.18. The third kappa shape index (κ3) is 5.04. The lowest BCUT2D eigenvalue weighted by Crippen LogP contribution is -2.52. The lowest BCUT2D eigenvalue weighted by atomic mass is 10.1. The Labute approximate surface area is 102 Å². The van der Waals surface area contributed by atoms with Gasteiger partial charge in [0.1, 0.15) is 0 Å². The minimum absolute atomic E-state index is 0.0464. The van der Waals surface area contributed by atoms with Crippen molar-refractivity contribution in [3.63, 3.8) is 0 Å². The number of likely N-dealkylation sites (N-methyl/N-ethyl adjacent to an activating group) is 1. The lowest BCUT2D eigenvalue weighted by Gasteiger charge is -2.36. The molecule has 0 rings (SSSR count). The van der Waals surface area contributed by atoms with Crippen LogP contribution in [0.4, 0.5) is 4.79 Å². The maximum absolute atomic E-state index is 11.9. The van der Waals surface area contributed by atoms with E-state index in [1.807, 2.05) is 0 Å². The van der Waals surface area contributed by atoms with E-state index in [1.54, 1.807) is 27.9 Å². The molecule has 0 heterocycles. The number of carbonyl (C=O) groups excluding carboxylic acids is 1. The number of carboxylic acid groups (broad SMARTS) is 1. The zero-order valence-corrected chi connectivity index (χ0v) is 10.9. The van der Waals surface area contributed by atoms with Crippen molar-refractivity contribution in [2.75, 3.05) is 27.2 Å². The number of aliphatic hydroxyl groups is 1. The molecule has 0 aliphatic rings. The number of nitrogens with zero attached hydrogens (tertiary/aromatic N) is 2. The van der Waals surface area contributed by atoms with Crippen LogP contribution in [0.1, 0.15) is 26.7 Å². The molecule has 100 valence electrons. The summed E-state index contributed by atoms with van der Waals surface area (Å²) in [6.45, 7) is 3.78. The number of carboxylic acids is 1. The van der Waals surface area contributed by atoms with Crippen molar-refractivity contribution >= 4 is 12.0 Å². The minimum Gasteiger partial charge on any atom is -0.481 e. The summed E-state index contributed by atoms with van der Waals surface area (Å²) < 4.78 is 0. The summed E-state index contributed by atoms with van der Waals surface area (Å²) in [6.07, 6.45) is 0.468. The summed E-state index contributed by atoms with van der Waals surface area (Å²) in [4.78, 5) is 25.2. The molecular formula is C11H22N2O4. The Kier molecular flexibility index (Phi) is 5.95. The van der Waals surface area contributed by atoms with Crippen molar-refractivity contribution in [1.29, 1.82) is 0 Å². The number of amides is 2. The molecule has 0 aromatic carbocycles. The molecule has 0 bridgehead atoms. The third-order valence-corrected chi connectivity index (χ3v) is 2.79. The quantitative estimate of drug-likeness (QED) is 0.719. The topological polar surface area (TPSA) is 81.1 Å². The second-order valence-corrected chi connectivity index (χ2v) is 4.73. The van der Waals surface area contributed by atoms with Crippen LogP contribution >= 0.6 is 0 Å². The van der Waals surface area contributed by atoms with Crippen molar-refractivity contribution < 1.29 is 19.8 Å². The van der Waals surface area contributed by atoms with Crippen LogP contribution in [0.2, 0.25) is 0 Å². The smallest absolute Gasteiger partial charge is 0.320 e. The fourth-order valence-corrected chi connectivity index (χ4v) is 1.18. The average molecular weight is 246 g/mol. The molecule has 0 aliphatic heterocycles. The van der Waals surface area contributed by atoms with Gasteiger partial charge in [0.15, 0.2) is 0 Å². The van der Waals surface area contributed by atoms with E-state index in [9.17, 15) is 9.59 Å². The molecule has 17 heavy (non-hydrogen) atoms. The highest BCUT2D eigenvalue weighted by Gasteiger charge is 2.28. The highest BCUT2D eigenvalue weighted by molar-refractivity contribution is 5.74. The van der Waals surface area contributed by atoms with Gasteiger partial charge >= 0.3 is 12.0 Å². The monoisotopic (exact) mass is 246 g/mol. The van der Waals surface area contributed by atoms with E-state index in [2.05, 4.69) is 0 Å². The lowest BCUT2D eigenvalue weighted by molar-refractivity contribution is -0.137. The van der Waals surface area contributed by atoms with E-state index in [4.69, 9.17) is 10.2 Å². The standard InChI is InChI=1S/C11H22N2O4/c1-11(2,8-14)13(4)10(17)12(3)7-5-6-9(15)16/h14H,5-8H2,1-4H3,(H,15,16). The van der Waals surface area contributed by atoms with Gasteiger partial charge in [-0.2, -0.15) is 0 Å². The first-order chi connectivity index (χ1) is 7.72. The van der Waals surface area contributed by atoms with Crippen LogP contribution in [-0.4, -0.2) is 64.8 Å². The maximum Gasteiger partial charge on any atom is 0.320 e. The van der Waals surface area contributed by atoms with E-state index in [0.717, 1.165) is 0 Å². The van der Waals surface area contributed by atoms with E-state index >= 15 is 0 Å². The minimum atomic E-state index is -0.866. The van der Waals surface area contributed by atoms with Crippen LogP contribution in [0.3, 0.4) is 0 Å². The summed E-state index contributed by atoms with van der Waals surface area (Å²) >= 11 is 0. The highest BCUT2D eigenvalue weighted by Crippen LogP contribution is 2.13. The number of urea groups is 1. The van der Waals surface area contributed by atoms with E-state index in [-0.39, 0.29) is 19.1 Å². The van der Waals surface area contributed by atoms with Crippen LogP contribution in [-0.2, 0) is 4.79 Å². The Balaban J connectivity index is 4.25. The Morgan fingerprint density at radius 3 is 2.18 bits per heavy atom. The van der Waals surface area contributed by atoms with Crippen LogP contribution in [0.15, 0.2) is 0 Å². The first kappa shape index (κ1) is 15.7. The van der Waals surface area contributed by atoms with Gasteiger partial charge in [0, 0.05) is 27.1 Å². The first-order valence-electron chi connectivity index (χ1n) is 5.54. The Morgan fingerprint density at radius 2 is 1.76 bits per heavy atom. The second-order valence-electron chi connectivity index (χ2n) is 4.73. The Bertz CT molecular complexity index is 279. The molecule has 0 aromatic rings. The first-order valence-corrected chi connectivity index (χ1v) is 5.54. The fraction of sp³-hybridized carbons (Fsp3) is 0.818. The molecule has 0 spiro atoms. The molecule has 0 unspecified atom stereocenters. The van der Waals surface area contributed by atoms with Gasteiger partial charge in [-0.25, -0.2) is 4.79 Å². The highest BCUT2D eigenvalue weighted by atomic mass is 16.4. The Hall–Kier alpha value is -1.30. The molecule has 0 fully saturated rings. The molecule has 6 heteroatoms. The number of hydrogen-bond donors (Lipinski definition) is 2. The molecule has 0 aliphatic carbocycles. The summed E-state index contributed by atoms with van der Waals surface area (Å²) in [7, 11) is 3.24. The number of carbonyl (C=O) groups is 2. The van der Waals surface area contributed by atoms with Crippen LogP contribution in [0.5, 0.6) is 0 Å². The SMILES string of the molecule is CN(CCCC(=O)O)C(=O)N(C)C(C)(C)CO. The van der Waals surface area contributed by atoms with Gasteiger partial charge in [-0.1, -0.05) is 0 Å². The molecule has 0 aromatic heterocycles. The van der Waals surface area contributed by atoms with Crippen LogP contribution < -0.4 is 0 Å². The van der Waals surface area contributed by atoms with Crippen molar-refractivity contribution in [2.24, 2.45) is 0 Å². The van der Waals surface area contributed by atoms with Gasteiger partial charge in [-0.3, -0.25) is 4.79 Å².